The highest BCUT2D eigenvalue weighted by molar-refractivity contribution is 7.98. The van der Waals surface area contributed by atoms with Gasteiger partial charge in [0.15, 0.2) is 16.8 Å². The van der Waals surface area contributed by atoms with Crippen molar-refractivity contribution in [3.63, 3.8) is 0 Å². The number of aromatic nitrogens is 3. The number of para-hydroxylation sites is 1. The van der Waals surface area contributed by atoms with E-state index in [4.69, 9.17) is 0 Å². The van der Waals surface area contributed by atoms with Crippen LogP contribution in [0.1, 0.15) is 5.56 Å². The summed E-state index contributed by atoms with van der Waals surface area (Å²) in [6.45, 7) is 0. The first kappa shape index (κ1) is 13.7. The van der Waals surface area contributed by atoms with Crippen LogP contribution in [-0.2, 0) is 5.75 Å². The van der Waals surface area contributed by atoms with Gasteiger partial charge in [-0.05, 0) is 18.2 Å². The maximum atomic E-state index is 13.7. The molecule has 0 radical (unpaired) electrons. The summed E-state index contributed by atoms with van der Waals surface area (Å²) < 4.78 is 30.0. The van der Waals surface area contributed by atoms with Crippen LogP contribution in [0.15, 0.2) is 47.6 Å². The van der Waals surface area contributed by atoms with Crippen molar-refractivity contribution < 1.29 is 8.78 Å². The van der Waals surface area contributed by atoms with Gasteiger partial charge in [-0.15, -0.1) is 10.2 Å². The van der Waals surface area contributed by atoms with Gasteiger partial charge in [-0.2, -0.15) is 0 Å². The van der Waals surface area contributed by atoms with Gasteiger partial charge in [0.25, 0.3) is 0 Å². The summed E-state index contributed by atoms with van der Waals surface area (Å²) in [5.41, 5.74) is 1.34. The molecule has 0 saturated heterocycles. The first-order chi connectivity index (χ1) is 10.7. The molecule has 110 valence electrons. The van der Waals surface area contributed by atoms with Crippen molar-refractivity contribution in [1.82, 2.24) is 14.6 Å². The van der Waals surface area contributed by atoms with Gasteiger partial charge in [-0.1, -0.05) is 47.4 Å². The fourth-order valence-electron chi connectivity index (χ4n) is 2.25. The summed E-state index contributed by atoms with van der Waals surface area (Å²) in [6, 6.07) is 12.1. The number of nitrogens with zero attached hydrogens (tertiary/aromatic N) is 3. The molecule has 0 spiro atoms. The van der Waals surface area contributed by atoms with Crippen LogP contribution in [0.4, 0.5) is 8.78 Å². The summed E-state index contributed by atoms with van der Waals surface area (Å²) >= 11 is 2.89. The average molecular weight is 333 g/mol. The van der Waals surface area contributed by atoms with Gasteiger partial charge < -0.3 is 0 Å². The highest BCUT2D eigenvalue weighted by Gasteiger charge is 2.14. The number of thioether (sulfide) groups is 1. The van der Waals surface area contributed by atoms with Crippen LogP contribution in [0.25, 0.3) is 15.2 Å². The SMILES string of the molecule is Fc1cccc(CSc2nnc3sc4ccccc4n23)c1F. The quantitative estimate of drug-likeness (QED) is 0.517. The summed E-state index contributed by atoms with van der Waals surface area (Å²) in [6.07, 6.45) is 0. The molecule has 0 fully saturated rings. The van der Waals surface area contributed by atoms with Gasteiger partial charge >= 0.3 is 0 Å². The number of thiazole rings is 1. The van der Waals surface area contributed by atoms with E-state index < -0.39 is 11.6 Å². The Morgan fingerprint density at radius 1 is 1.05 bits per heavy atom. The van der Waals surface area contributed by atoms with E-state index in [0.29, 0.717) is 16.5 Å². The Hall–Kier alpha value is -1.99. The standard InChI is InChI=1S/C15H9F2N3S2/c16-10-5-3-4-9(13(10)17)8-21-14-18-19-15-20(14)11-6-1-2-7-12(11)22-15/h1-7H,8H2. The third-order valence-corrected chi connectivity index (χ3v) is 5.29. The molecule has 4 rings (SSSR count). The van der Waals surface area contributed by atoms with Crippen LogP contribution in [0.3, 0.4) is 0 Å². The number of fused-ring (bicyclic) bond motifs is 3. The number of hydrogen-bond donors (Lipinski definition) is 0. The first-order valence-electron chi connectivity index (χ1n) is 6.52. The second-order valence-electron chi connectivity index (χ2n) is 4.67. The molecule has 2 aromatic heterocycles. The Balaban J connectivity index is 1.71. The topological polar surface area (TPSA) is 30.2 Å². The molecule has 2 aromatic carbocycles. The molecule has 3 nitrogen and oxygen atoms in total. The van der Waals surface area contributed by atoms with Gasteiger partial charge in [-0.25, -0.2) is 8.78 Å². The summed E-state index contributed by atoms with van der Waals surface area (Å²) in [5, 5.41) is 8.97. The van der Waals surface area contributed by atoms with Crippen molar-refractivity contribution in [3.05, 3.63) is 59.7 Å². The lowest BCUT2D eigenvalue weighted by Crippen LogP contribution is -1.93. The van der Waals surface area contributed by atoms with Gasteiger partial charge in [0.05, 0.1) is 10.2 Å². The molecule has 0 bridgehead atoms. The number of hydrogen-bond acceptors (Lipinski definition) is 4. The minimum absolute atomic E-state index is 0.300. The highest BCUT2D eigenvalue weighted by Crippen LogP contribution is 2.31. The molecule has 0 saturated carbocycles. The zero-order valence-electron chi connectivity index (χ0n) is 11.2. The fourth-order valence-corrected chi connectivity index (χ4v) is 4.19. The van der Waals surface area contributed by atoms with Crippen molar-refractivity contribution >= 4 is 38.3 Å². The van der Waals surface area contributed by atoms with Crippen molar-refractivity contribution in [1.29, 1.82) is 0 Å². The second-order valence-corrected chi connectivity index (χ2v) is 6.62. The van der Waals surface area contributed by atoms with Crippen LogP contribution in [0.5, 0.6) is 0 Å². The number of halogens is 2. The summed E-state index contributed by atoms with van der Waals surface area (Å²) in [4.78, 5) is 0.795. The van der Waals surface area contributed by atoms with E-state index >= 15 is 0 Å². The zero-order valence-corrected chi connectivity index (χ0v) is 12.8. The van der Waals surface area contributed by atoms with Crippen LogP contribution in [0.2, 0.25) is 0 Å². The molecular weight excluding hydrogens is 324 g/mol. The van der Waals surface area contributed by atoms with Gasteiger partial charge in [0.1, 0.15) is 0 Å². The molecule has 0 unspecified atom stereocenters. The number of rotatable bonds is 3. The van der Waals surface area contributed by atoms with Crippen LogP contribution in [-0.4, -0.2) is 14.6 Å². The van der Waals surface area contributed by atoms with E-state index in [1.807, 2.05) is 28.7 Å². The van der Waals surface area contributed by atoms with E-state index in [2.05, 4.69) is 10.2 Å². The molecule has 2 heterocycles. The van der Waals surface area contributed by atoms with Gasteiger partial charge in [0.2, 0.25) is 4.96 Å². The van der Waals surface area contributed by atoms with E-state index in [1.165, 1.54) is 17.8 Å². The van der Waals surface area contributed by atoms with E-state index in [0.717, 1.165) is 21.2 Å². The lowest BCUT2D eigenvalue weighted by molar-refractivity contribution is 0.502. The predicted molar refractivity (Wildman–Crippen MR) is 84.3 cm³/mol. The van der Waals surface area contributed by atoms with Crippen LogP contribution < -0.4 is 0 Å². The molecule has 7 heteroatoms. The minimum atomic E-state index is -0.828. The zero-order chi connectivity index (χ0) is 15.1. The maximum Gasteiger partial charge on any atom is 0.217 e. The third kappa shape index (κ3) is 2.17. The molecule has 4 aromatic rings. The molecule has 22 heavy (non-hydrogen) atoms. The Kier molecular flexibility index (Phi) is 3.31. The lowest BCUT2D eigenvalue weighted by Gasteiger charge is -2.02. The summed E-state index contributed by atoms with van der Waals surface area (Å²) in [7, 11) is 0. The highest BCUT2D eigenvalue weighted by atomic mass is 32.2. The molecule has 0 amide bonds. The monoisotopic (exact) mass is 333 g/mol. The second kappa shape index (κ2) is 5.33. The van der Waals surface area contributed by atoms with Crippen LogP contribution >= 0.6 is 23.1 Å². The van der Waals surface area contributed by atoms with Crippen molar-refractivity contribution in [2.24, 2.45) is 0 Å². The molecule has 0 aliphatic rings. The normalized spacial score (nSPS) is 11.5. The van der Waals surface area contributed by atoms with E-state index in [9.17, 15) is 8.78 Å². The van der Waals surface area contributed by atoms with E-state index in [1.54, 1.807) is 17.4 Å². The first-order valence-corrected chi connectivity index (χ1v) is 8.32. The molecular formula is C15H9F2N3S2. The maximum absolute atomic E-state index is 13.7. The Bertz CT molecular complexity index is 977. The molecule has 0 aliphatic heterocycles. The fraction of sp³-hybridized carbons (Fsp3) is 0.0667. The van der Waals surface area contributed by atoms with Gasteiger partial charge in [0, 0.05) is 11.3 Å². The summed E-state index contributed by atoms with van der Waals surface area (Å²) in [5.74, 6) is -1.33. The van der Waals surface area contributed by atoms with E-state index in [-0.39, 0.29) is 0 Å². The number of benzene rings is 2. The molecule has 0 atom stereocenters. The van der Waals surface area contributed by atoms with Crippen LogP contribution in [0, 0.1) is 11.6 Å². The Morgan fingerprint density at radius 2 is 1.91 bits per heavy atom. The van der Waals surface area contributed by atoms with Crippen molar-refractivity contribution in [2.75, 3.05) is 0 Å². The Morgan fingerprint density at radius 3 is 2.82 bits per heavy atom. The lowest BCUT2D eigenvalue weighted by atomic mass is 10.2. The van der Waals surface area contributed by atoms with Crippen molar-refractivity contribution in [2.45, 2.75) is 10.9 Å². The minimum Gasteiger partial charge on any atom is -0.260 e. The third-order valence-electron chi connectivity index (χ3n) is 3.30. The largest absolute Gasteiger partial charge is 0.260 e. The molecule has 0 N–H and O–H groups in total. The predicted octanol–water partition coefficient (Wildman–Crippen LogP) is 4.51. The van der Waals surface area contributed by atoms with Crippen molar-refractivity contribution in [3.8, 4) is 0 Å². The Labute approximate surface area is 132 Å². The average Bonchev–Trinajstić information content (AvgIpc) is 3.08. The van der Waals surface area contributed by atoms with Gasteiger partial charge in [-0.3, -0.25) is 4.40 Å². The smallest absolute Gasteiger partial charge is 0.217 e. The molecule has 0 aliphatic carbocycles.